The number of hydrogen-bond donors (Lipinski definition) is 0. The standard InChI is InChI=1S/C20H24ClN5O2/c1-5-11-25(12-6-2)20(27)15-7-9-16(10-8-15)26-13(3)17(21)18(24-26)19-23-22-14(4)28-19/h7-10H,5-6,11-12H2,1-4H3. The van der Waals surface area contributed by atoms with Gasteiger partial charge in [-0.3, -0.25) is 4.79 Å². The van der Waals surface area contributed by atoms with Crippen molar-refractivity contribution in [1.82, 2.24) is 24.9 Å². The van der Waals surface area contributed by atoms with Gasteiger partial charge in [0.05, 0.1) is 16.4 Å². The second kappa shape index (κ2) is 8.56. The largest absolute Gasteiger partial charge is 0.420 e. The molecule has 3 aromatic rings. The average molecular weight is 402 g/mol. The normalized spacial score (nSPS) is 11.0. The Kier molecular flexibility index (Phi) is 6.14. The highest BCUT2D eigenvalue weighted by molar-refractivity contribution is 6.33. The van der Waals surface area contributed by atoms with Gasteiger partial charge >= 0.3 is 0 Å². The van der Waals surface area contributed by atoms with E-state index in [0.717, 1.165) is 37.3 Å². The zero-order valence-electron chi connectivity index (χ0n) is 16.6. The summed E-state index contributed by atoms with van der Waals surface area (Å²) in [6.07, 6.45) is 1.87. The Balaban J connectivity index is 1.89. The lowest BCUT2D eigenvalue weighted by Gasteiger charge is -2.21. The molecule has 0 saturated carbocycles. The third-order valence-corrected chi connectivity index (χ3v) is 4.86. The summed E-state index contributed by atoms with van der Waals surface area (Å²) in [4.78, 5) is 14.6. The van der Waals surface area contributed by atoms with E-state index in [4.69, 9.17) is 16.0 Å². The van der Waals surface area contributed by atoms with Crippen LogP contribution in [-0.2, 0) is 0 Å². The number of amides is 1. The Bertz CT molecular complexity index is 956. The van der Waals surface area contributed by atoms with E-state index in [0.29, 0.717) is 22.2 Å². The molecule has 0 aliphatic carbocycles. The van der Waals surface area contributed by atoms with Gasteiger partial charge in [0.15, 0.2) is 5.69 Å². The summed E-state index contributed by atoms with van der Waals surface area (Å²) in [6.45, 7) is 9.25. The number of carbonyl (C=O) groups is 1. The van der Waals surface area contributed by atoms with Crippen LogP contribution in [0.4, 0.5) is 0 Å². The molecule has 0 unspecified atom stereocenters. The second-order valence-electron chi connectivity index (χ2n) is 6.63. The number of aryl methyl sites for hydroxylation is 1. The van der Waals surface area contributed by atoms with E-state index in [1.807, 2.05) is 36.1 Å². The summed E-state index contributed by atoms with van der Waals surface area (Å²) in [5.74, 6) is 0.781. The van der Waals surface area contributed by atoms with Crippen LogP contribution in [0.3, 0.4) is 0 Å². The fraction of sp³-hybridized carbons (Fsp3) is 0.400. The van der Waals surface area contributed by atoms with Gasteiger partial charge in [-0.1, -0.05) is 25.4 Å². The lowest BCUT2D eigenvalue weighted by molar-refractivity contribution is 0.0755. The van der Waals surface area contributed by atoms with Gasteiger partial charge in [-0.2, -0.15) is 5.10 Å². The minimum Gasteiger partial charge on any atom is -0.420 e. The first-order chi connectivity index (χ1) is 13.5. The molecule has 0 radical (unpaired) electrons. The van der Waals surface area contributed by atoms with Crippen molar-refractivity contribution in [3.8, 4) is 17.3 Å². The summed E-state index contributed by atoms with van der Waals surface area (Å²) in [5, 5.41) is 12.8. The SMILES string of the molecule is CCCN(CCC)C(=O)c1ccc(-n2nc(-c3nnc(C)o3)c(Cl)c2C)cc1. The van der Waals surface area contributed by atoms with Gasteiger partial charge in [-0.25, -0.2) is 4.68 Å². The number of halogens is 1. The Morgan fingerprint density at radius 3 is 2.29 bits per heavy atom. The quantitative estimate of drug-likeness (QED) is 0.584. The molecular formula is C20H24ClN5O2. The van der Waals surface area contributed by atoms with Crippen LogP contribution in [0.15, 0.2) is 28.7 Å². The number of carbonyl (C=O) groups excluding carboxylic acids is 1. The zero-order chi connectivity index (χ0) is 20.3. The number of nitrogens with zero attached hydrogens (tertiary/aromatic N) is 5. The second-order valence-corrected chi connectivity index (χ2v) is 7.00. The molecule has 148 valence electrons. The molecule has 2 heterocycles. The van der Waals surface area contributed by atoms with Crippen molar-refractivity contribution in [3.63, 3.8) is 0 Å². The average Bonchev–Trinajstić information content (AvgIpc) is 3.25. The van der Waals surface area contributed by atoms with Crippen LogP contribution in [0.5, 0.6) is 0 Å². The van der Waals surface area contributed by atoms with Crippen LogP contribution in [0, 0.1) is 13.8 Å². The van der Waals surface area contributed by atoms with Crippen molar-refractivity contribution in [2.45, 2.75) is 40.5 Å². The summed E-state index contributed by atoms with van der Waals surface area (Å²) in [5.41, 5.74) is 2.66. The molecule has 0 bridgehead atoms. The summed E-state index contributed by atoms with van der Waals surface area (Å²) in [7, 11) is 0. The molecule has 0 aliphatic rings. The molecule has 28 heavy (non-hydrogen) atoms. The summed E-state index contributed by atoms with van der Waals surface area (Å²) in [6, 6.07) is 7.37. The van der Waals surface area contributed by atoms with Crippen LogP contribution in [-0.4, -0.2) is 43.9 Å². The smallest absolute Gasteiger partial charge is 0.269 e. The number of hydrogen-bond acceptors (Lipinski definition) is 5. The predicted octanol–water partition coefficient (Wildman–Crippen LogP) is 4.45. The maximum Gasteiger partial charge on any atom is 0.269 e. The van der Waals surface area contributed by atoms with E-state index >= 15 is 0 Å². The minimum absolute atomic E-state index is 0.0486. The van der Waals surface area contributed by atoms with Gasteiger partial charge in [0.2, 0.25) is 5.89 Å². The van der Waals surface area contributed by atoms with Crippen LogP contribution in [0.2, 0.25) is 5.02 Å². The monoisotopic (exact) mass is 401 g/mol. The summed E-state index contributed by atoms with van der Waals surface area (Å²) < 4.78 is 7.15. The first-order valence-corrected chi connectivity index (χ1v) is 9.79. The lowest BCUT2D eigenvalue weighted by Crippen LogP contribution is -2.32. The van der Waals surface area contributed by atoms with Gasteiger partial charge < -0.3 is 9.32 Å². The first-order valence-electron chi connectivity index (χ1n) is 9.41. The Hall–Kier alpha value is -2.67. The third-order valence-electron chi connectivity index (χ3n) is 4.40. The molecule has 7 nitrogen and oxygen atoms in total. The van der Waals surface area contributed by atoms with Gasteiger partial charge in [0.25, 0.3) is 11.8 Å². The van der Waals surface area contributed by atoms with Gasteiger partial charge in [-0.05, 0) is 44.0 Å². The van der Waals surface area contributed by atoms with Gasteiger partial charge in [0, 0.05) is 25.6 Å². The van der Waals surface area contributed by atoms with E-state index in [2.05, 4.69) is 29.1 Å². The molecule has 3 rings (SSSR count). The molecule has 0 N–H and O–H groups in total. The Morgan fingerprint density at radius 2 is 1.75 bits per heavy atom. The van der Waals surface area contributed by atoms with Crippen molar-refractivity contribution in [2.75, 3.05) is 13.1 Å². The van der Waals surface area contributed by atoms with Crippen LogP contribution in [0.1, 0.15) is 48.6 Å². The highest BCUT2D eigenvalue weighted by Gasteiger charge is 2.20. The van der Waals surface area contributed by atoms with Crippen molar-refractivity contribution in [1.29, 1.82) is 0 Å². The molecule has 0 spiro atoms. The van der Waals surface area contributed by atoms with Crippen LogP contribution < -0.4 is 0 Å². The maximum absolute atomic E-state index is 12.7. The lowest BCUT2D eigenvalue weighted by atomic mass is 10.1. The molecule has 0 aliphatic heterocycles. The highest BCUT2D eigenvalue weighted by Crippen LogP contribution is 2.30. The summed E-state index contributed by atoms with van der Waals surface area (Å²) >= 11 is 6.43. The van der Waals surface area contributed by atoms with E-state index in [1.54, 1.807) is 11.6 Å². The van der Waals surface area contributed by atoms with E-state index in [-0.39, 0.29) is 11.8 Å². The van der Waals surface area contributed by atoms with Crippen molar-refractivity contribution >= 4 is 17.5 Å². The van der Waals surface area contributed by atoms with Crippen molar-refractivity contribution in [2.24, 2.45) is 0 Å². The number of benzene rings is 1. The van der Waals surface area contributed by atoms with E-state index in [9.17, 15) is 4.79 Å². The number of rotatable bonds is 7. The van der Waals surface area contributed by atoms with Gasteiger partial charge in [-0.15, -0.1) is 10.2 Å². The Labute approximate surface area is 169 Å². The topological polar surface area (TPSA) is 77.1 Å². The fourth-order valence-electron chi connectivity index (χ4n) is 3.05. The fourth-order valence-corrected chi connectivity index (χ4v) is 3.24. The molecule has 8 heteroatoms. The molecule has 0 saturated heterocycles. The highest BCUT2D eigenvalue weighted by atomic mass is 35.5. The molecule has 0 atom stereocenters. The predicted molar refractivity (Wildman–Crippen MR) is 108 cm³/mol. The molecular weight excluding hydrogens is 378 g/mol. The third kappa shape index (κ3) is 3.94. The van der Waals surface area contributed by atoms with Crippen molar-refractivity contribution in [3.05, 3.63) is 46.4 Å². The van der Waals surface area contributed by atoms with E-state index < -0.39 is 0 Å². The molecule has 1 amide bonds. The molecule has 1 aromatic carbocycles. The van der Waals surface area contributed by atoms with Crippen molar-refractivity contribution < 1.29 is 9.21 Å². The zero-order valence-corrected chi connectivity index (χ0v) is 17.3. The molecule has 0 fully saturated rings. The van der Waals surface area contributed by atoms with Gasteiger partial charge in [0.1, 0.15) is 0 Å². The first kappa shape index (κ1) is 20.1. The number of aromatic nitrogens is 4. The molecule has 2 aromatic heterocycles. The van der Waals surface area contributed by atoms with Crippen LogP contribution >= 0.6 is 11.6 Å². The Morgan fingerprint density at radius 1 is 1.11 bits per heavy atom. The minimum atomic E-state index is 0.0486. The van der Waals surface area contributed by atoms with E-state index in [1.165, 1.54) is 0 Å². The van der Waals surface area contributed by atoms with Crippen LogP contribution in [0.25, 0.3) is 17.3 Å². The maximum atomic E-state index is 12.7.